The van der Waals surface area contributed by atoms with E-state index in [1.165, 1.54) is 0 Å². The Morgan fingerprint density at radius 1 is 1.30 bits per heavy atom. The lowest BCUT2D eigenvalue weighted by molar-refractivity contribution is -0.849. The molecule has 0 unspecified atom stereocenters. The lowest BCUT2D eigenvalue weighted by Gasteiger charge is -2.14. The molecular weight excluding hydrogens is 154 g/mol. The molecule has 0 amide bonds. The summed E-state index contributed by atoms with van der Waals surface area (Å²) in [6.45, 7) is 0. The highest BCUT2D eigenvalue weighted by Crippen LogP contribution is 1.73. The van der Waals surface area contributed by atoms with Crippen molar-refractivity contribution in [3.63, 3.8) is 0 Å². The van der Waals surface area contributed by atoms with Crippen LogP contribution in [-0.4, -0.2) is 52.1 Å². The molecule has 0 heterocycles. The largest absolute Gasteiger partial charge is 0.604 e. The molecule has 0 aliphatic rings. The quantitative estimate of drug-likeness (QED) is 0.315. The SMILES string of the molecule is C[N+](C)(C)C.O.O=[Si]([O-])O. The molecule has 10 heavy (non-hydrogen) atoms. The van der Waals surface area contributed by atoms with Crippen molar-refractivity contribution in [2.45, 2.75) is 0 Å². The molecule has 3 N–H and O–H groups in total. The molecule has 64 valence electrons. The molecule has 6 heteroatoms. The summed E-state index contributed by atoms with van der Waals surface area (Å²) in [5, 5.41) is 0. The van der Waals surface area contributed by atoms with Gasteiger partial charge >= 0.3 is 9.17 Å². The summed E-state index contributed by atoms with van der Waals surface area (Å²) in [7, 11) is 5.12. The summed E-state index contributed by atoms with van der Waals surface area (Å²) >= 11 is 0. The van der Waals surface area contributed by atoms with Gasteiger partial charge in [-0.25, -0.2) is 0 Å². The summed E-state index contributed by atoms with van der Waals surface area (Å²) < 4.78 is 9.63. The first-order valence-corrected chi connectivity index (χ1v) is 3.68. The van der Waals surface area contributed by atoms with Gasteiger partial charge in [0.25, 0.3) is 0 Å². The highest BCUT2D eigenvalue weighted by molar-refractivity contribution is 6.19. The maximum Gasteiger partial charge on any atom is 0.410 e. The predicted octanol–water partition coefficient (Wildman–Crippen LogP) is -2.75. The van der Waals surface area contributed by atoms with Crippen LogP contribution < -0.4 is 4.80 Å². The van der Waals surface area contributed by atoms with Crippen LogP contribution >= 0.6 is 0 Å². The van der Waals surface area contributed by atoms with Crippen molar-refractivity contribution in [1.29, 1.82) is 0 Å². The van der Waals surface area contributed by atoms with Gasteiger partial charge in [0, 0.05) is 0 Å². The van der Waals surface area contributed by atoms with Gasteiger partial charge in [-0.2, -0.15) is 0 Å². The summed E-state index contributed by atoms with van der Waals surface area (Å²) in [6, 6.07) is 0. The molecule has 0 aliphatic heterocycles. The summed E-state index contributed by atoms with van der Waals surface area (Å²) in [5.74, 6) is 0. The second-order valence-electron chi connectivity index (χ2n) is 2.95. The normalized spacial score (nSPS) is 8.40. The second-order valence-corrected chi connectivity index (χ2v) is 3.48. The zero-order valence-electron chi connectivity index (χ0n) is 6.71. The van der Waals surface area contributed by atoms with E-state index in [0.29, 0.717) is 0 Å². The van der Waals surface area contributed by atoms with E-state index in [1.54, 1.807) is 0 Å². The molecule has 0 aromatic rings. The molecule has 5 nitrogen and oxygen atoms in total. The molecule has 0 aromatic carbocycles. The fourth-order valence-corrected chi connectivity index (χ4v) is 0. The van der Waals surface area contributed by atoms with Gasteiger partial charge in [-0.15, -0.1) is 0 Å². The molecule has 0 saturated heterocycles. The lowest BCUT2D eigenvalue weighted by Crippen LogP contribution is -2.27. The third-order valence-corrected chi connectivity index (χ3v) is 0. The molecule has 0 atom stereocenters. The zero-order valence-corrected chi connectivity index (χ0v) is 7.71. The first-order valence-electron chi connectivity index (χ1n) is 2.42. The van der Waals surface area contributed by atoms with Gasteiger partial charge in [0.2, 0.25) is 0 Å². The van der Waals surface area contributed by atoms with Crippen LogP contribution in [-0.2, 0) is 4.46 Å². The van der Waals surface area contributed by atoms with Crippen LogP contribution in [0.15, 0.2) is 0 Å². The van der Waals surface area contributed by atoms with Crippen molar-refractivity contribution in [2.75, 3.05) is 28.2 Å². The Bertz CT molecular complexity index is 79.7. The number of hydrogen-bond acceptors (Lipinski definition) is 2. The maximum absolute atomic E-state index is 8.63. The van der Waals surface area contributed by atoms with E-state index in [0.717, 1.165) is 4.48 Å². The minimum Gasteiger partial charge on any atom is -0.604 e. The Balaban J connectivity index is -0.0000000910. The fraction of sp³-hybridized carbons (Fsp3) is 1.00. The molecule has 0 spiro atoms. The standard InChI is InChI=1S/C4H12N.HO3Si.H2O/c1-5(2,3)4;1-4(2)3;/h1-4H3;1H;1H2/q+1;-1;. The van der Waals surface area contributed by atoms with E-state index in [4.69, 9.17) is 14.1 Å². The molecule has 0 saturated carbocycles. The Morgan fingerprint density at radius 2 is 1.30 bits per heavy atom. The van der Waals surface area contributed by atoms with E-state index in [2.05, 4.69) is 28.2 Å². The van der Waals surface area contributed by atoms with E-state index < -0.39 is 9.17 Å². The zero-order chi connectivity index (χ0) is 8.08. The van der Waals surface area contributed by atoms with Crippen molar-refractivity contribution >= 4 is 9.17 Å². The monoisotopic (exact) mass is 169 g/mol. The first kappa shape index (κ1) is 16.3. The molecule has 0 radical (unpaired) electrons. The van der Waals surface area contributed by atoms with E-state index in [-0.39, 0.29) is 5.48 Å². The van der Waals surface area contributed by atoms with Gasteiger partial charge in [-0.1, -0.05) is 0 Å². The van der Waals surface area contributed by atoms with E-state index in [1.807, 2.05) is 0 Å². The van der Waals surface area contributed by atoms with Crippen LogP contribution in [0.5, 0.6) is 0 Å². The third-order valence-electron chi connectivity index (χ3n) is 0. The van der Waals surface area contributed by atoms with Crippen molar-refractivity contribution in [3.05, 3.63) is 0 Å². The number of nitrogens with zero attached hydrogens (tertiary/aromatic N) is 1. The Hall–Kier alpha value is -0.463. The predicted molar refractivity (Wildman–Crippen MR) is 36.2 cm³/mol. The van der Waals surface area contributed by atoms with Gasteiger partial charge in [0.05, 0.1) is 28.2 Å². The number of quaternary nitrogens is 1. The maximum atomic E-state index is 8.63. The molecular formula is C4H15NO4Si. The topological polar surface area (TPSA) is 91.9 Å². The highest BCUT2D eigenvalue weighted by atomic mass is 28.3. The van der Waals surface area contributed by atoms with Crippen molar-refractivity contribution in [3.8, 4) is 0 Å². The minimum absolute atomic E-state index is 0. The molecule has 0 bridgehead atoms. The molecule has 0 aromatic heterocycles. The van der Waals surface area contributed by atoms with Crippen molar-refractivity contribution in [1.82, 2.24) is 0 Å². The summed E-state index contributed by atoms with van der Waals surface area (Å²) in [5.41, 5.74) is 0. The Morgan fingerprint density at radius 3 is 1.30 bits per heavy atom. The van der Waals surface area contributed by atoms with Crippen LogP contribution in [0.3, 0.4) is 0 Å². The van der Waals surface area contributed by atoms with Crippen molar-refractivity contribution < 1.29 is 24.0 Å². The smallest absolute Gasteiger partial charge is 0.410 e. The summed E-state index contributed by atoms with van der Waals surface area (Å²) in [4.78, 5) is 15.7. The average Bonchev–Trinajstić information content (AvgIpc) is 1.19. The van der Waals surface area contributed by atoms with Crippen LogP contribution in [0.25, 0.3) is 0 Å². The first-order chi connectivity index (χ1) is 3.73. The number of hydrogen-bond donors (Lipinski definition) is 1. The van der Waals surface area contributed by atoms with Gasteiger partial charge in [0.1, 0.15) is 0 Å². The Kier molecular flexibility index (Phi) is 10.8. The van der Waals surface area contributed by atoms with Gasteiger partial charge in [0.15, 0.2) is 0 Å². The van der Waals surface area contributed by atoms with Crippen LogP contribution in [0, 0.1) is 0 Å². The molecule has 0 rings (SSSR count). The van der Waals surface area contributed by atoms with Crippen LogP contribution in [0.4, 0.5) is 0 Å². The fourth-order valence-electron chi connectivity index (χ4n) is 0. The number of rotatable bonds is 0. The van der Waals surface area contributed by atoms with Gasteiger partial charge in [-0.05, 0) is 0 Å². The lowest BCUT2D eigenvalue weighted by atomic mass is 10.8. The van der Waals surface area contributed by atoms with E-state index in [9.17, 15) is 0 Å². The van der Waals surface area contributed by atoms with Gasteiger partial charge < -0.3 is 24.0 Å². The average molecular weight is 169 g/mol. The van der Waals surface area contributed by atoms with Gasteiger partial charge in [-0.3, -0.25) is 0 Å². The molecule has 0 aliphatic carbocycles. The highest BCUT2D eigenvalue weighted by Gasteiger charge is 1.88. The third kappa shape index (κ3) is 1500. The Labute approximate surface area is 62.3 Å². The van der Waals surface area contributed by atoms with E-state index >= 15 is 0 Å². The van der Waals surface area contributed by atoms with Crippen LogP contribution in [0.2, 0.25) is 0 Å². The minimum atomic E-state index is -3.38. The summed E-state index contributed by atoms with van der Waals surface area (Å²) in [6.07, 6.45) is 0. The molecule has 0 fully saturated rings. The second kappa shape index (κ2) is 6.65. The van der Waals surface area contributed by atoms with Crippen LogP contribution in [0.1, 0.15) is 0 Å². The van der Waals surface area contributed by atoms with Crippen molar-refractivity contribution in [2.24, 2.45) is 0 Å².